The molecule has 0 spiro atoms. The molecular formula is C20H13ClF2N4O. The van der Waals surface area contributed by atoms with Crippen molar-refractivity contribution in [2.75, 3.05) is 0 Å². The van der Waals surface area contributed by atoms with Crippen LogP contribution in [0.2, 0.25) is 5.02 Å². The number of imidazole rings is 2. The standard InChI is InChI=1S/C20H13ClF2N4O/c21-10-4-5-12-13(8-10)27-14-9-15(19(27)25-12)26-7-6-24-18(26)11-2-1-3-16(17(11)14)28-20(22)23/h1-8,14-15,20H,9H2/t14-,15-/m1/s1. The topological polar surface area (TPSA) is 44.9 Å². The van der Waals surface area contributed by atoms with Crippen LogP contribution in [0.4, 0.5) is 8.78 Å². The Kier molecular flexibility index (Phi) is 3.18. The van der Waals surface area contributed by atoms with Crippen molar-refractivity contribution < 1.29 is 13.5 Å². The van der Waals surface area contributed by atoms with Gasteiger partial charge in [-0.1, -0.05) is 23.7 Å². The lowest BCUT2D eigenvalue weighted by Crippen LogP contribution is -2.13. The summed E-state index contributed by atoms with van der Waals surface area (Å²) in [6.07, 6.45) is 4.32. The van der Waals surface area contributed by atoms with Crippen molar-refractivity contribution in [2.24, 2.45) is 0 Å². The van der Waals surface area contributed by atoms with Crippen LogP contribution >= 0.6 is 11.6 Å². The van der Waals surface area contributed by atoms with Crippen molar-refractivity contribution in [3.63, 3.8) is 0 Å². The molecule has 0 radical (unpaired) electrons. The monoisotopic (exact) mass is 398 g/mol. The zero-order valence-corrected chi connectivity index (χ0v) is 15.1. The third-order valence-corrected chi connectivity index (χ3v) is 5.83. The lowest BCUT2D eigenvalue weighted by molar-refractivity contribution is -0.0506. The Morgan fingerprint density at radius 2 is 2.07 bits per heavy atom. The number of nitrogens with zero attached hydrogens (tertiary/aromatic N) is 4. The van der Waals surface area contributed by atoms with E-state index in [4.69, 9.17) is 21.3 Å². The Balaban J connectivity index is 1.71. The first kappa shape index (κ1) is 16.1. The number of rotatable bonds is 2. The van der Waals surface area contributed by atoms with Gasteiger partial charge in [0.05, 0.1) is 23.1 Å². The number of ether oxygens (including phenoxy) is 1. The Labute approximate surface area is 163 Å². The van der Waals surface area contributed by atoms with Crippen molar-refractivity contribution in [3.8, 4) is 17.1 Å². The summed E-state index contributed by atoms with van der Waals surface area (Å²) in [6.45, 7) is -2.90. The van der Waals surface area contributed by atoms with Crippen molar-refractivity contribution in [1.29, 1.82) is 0 Å². The van der Waals surface area contributed by atoms with E-state index in [9.17, 15) is 8.78 Å². The fourth-order valence-electron chi connectivity index (χ4n) is 4.61. The average Bonchev–Trinajstić information content (AvgIpc) is 3.33. The Morgan fingerprint density at radius 1 is 1.18 bits per heavy atom. The highest BCUT2D eigenvalue weighted by molar-refractivity contribution is 6.31. The molecule has 0 saturated heterocycles. The van der Waals surface area contributed by atoms with Crippen molar-refractivity contribution >= 4 is 22.6 Å². The molecule has 2 aromatic heterocycles. The lowest BCUT2D eigenvalue weighted by Gasteiger charge is -2.21. The van der Waals surface area contributed by atoms with Crippen LogP contribution in [-0.2, 0) is 0 Å². The molecule has 0 fully saturated rings. The maximum atomic E-state index is 13.1. The number of halogens is 3. The number of alkyl halides is 2. The van der Waals surface area contributed by atoms with Crippen LogP contribution in [0.25, 0.3) is 22.4 Å². The number of fused-ring (bicyclic) bond motifs is 6. The van der Waals surface area contributed by atoms with Crippen LogP contribution in [0.3, 0.4) is 0 Å². The minimum absolute atomic E-state index is 0.0412. The first-order chi connectivity index (χ1) is 13.6. The second-order valence-corrected chi connectivity index (χ2v) is 7.43. The van der Waals surface area contributed by atoms with Gasteiger partial charge in [-0.05, 0) is 24.3 Å². The summed E-state index contributed by atoms with van der Waals surface area (Å²) in [5, 5.41) is 0.607. The molecule has 0 aliphatic carbocycles. The molecule has 140 valence electrons. The molecule has 0 N–H and O–H groups in total. The Morgan fingerprint density at radius 3 is 2.93 bits per heavy atom. The van der Waals surface area contributed by atoms with Crippen LogP contribution < -0.4 is 4.74 Å². The van der Waals surface area contributed by atoms with Crippen LogP contribution in [0.5, 0.6) is 5.75 Å². The number of benzene rings is 2. The molecule has 4 aromatic rings. The van der Waals surface area contributed by atoms with Gasteiger partial charge >= 0.3 is 6.61 Å². The van der Waals surface area contributed by atoms with Gasteiger partial charge in [-0.15, -0.1) is 0 Å². The Hall–Kier alpha value is -2.93. The smallest absolute Gasteiger partial charge is 0.387 e. The fourth-order valence-corrected chi connectivity index (χ4v) is 4.78. The molecule has 0 unspecified atom stereocenters. The number of hydrogen-bond donors (Lipinski definition) is 0. The summed E-state index contributed by atoms with van der Waals surface area (Å²) in [5.41, 5.74) is 3.21. The molecule has 2 aliphatic rings. The summed E-state index contributed by atoms with van der Waals surface area (Å²) in [4.78, 5) is 9.33. The third-order valence-electron chi connectivity index (χ3n) is 5.60. The molecule has 2 aromatic carbocycles. The van der Waals surface area contributed by atoms with Crippen molar-refractivity contribution in [3.05, 3.63) is 65.2 Å². The van der Waals surface area contributed by atoms with Crippen LogP contribution in [0.15, 0.2) is 48.8 Å². The van der Waals surface area contributed by atoms with Gasteiger partial charge in [-0.3, -0.25) is 0 Å². The van der Waals surface area contributed by atoms with Gasteiger partial charge in [0, 0.05) is 35.0 Å². The normalized spacial score (nSPS) is 19.4. The SMILES string of the molecule is FC(F)Oc1cccc2c1[C@H]1C[C@H](c3nc4ccc(Cl)cc4n31)n1ccnc1-2. The highest BCUT2D eigenvalue weighted by Crippen LogP contribution is 2.51. The van der Waals surface area contributed by atoms with E-state index in [-0.39, 0.29) is 17.8 Å². The number of hydrogen-bond acceptors (Lipinski definition) is 3. The molecule has 4 heterocycles. The molecule has 5 nitrogen and oxygen atoms in total. The van der Waals surface area contributed by atoms with E-state index in [0.29, 0.717) is 17.0 Å². The van der Waals surface area contributed by atoms with Gasteiger partial charge < -0.3 is 13.9 Å². The van der Waals surface area contributed by atoms with E-state index in [0.717, 1.165) is 28.2 Å². The maximum absolute atomic E-state index is 13.1. The number of aromatic nitrogens is 4. The highest BCUT2D eigenvalue weighted by Gasteiger charge is 2.42. The zero-order chi connectivity index (χ0) is 19.0. The van der Waals surface area contributed by atoms with Gasteiger partial charge in [-0.2, -0.15) is 8.78 Å². The molecule has 28 heavy (non-hydrogen) atoms. The third kappa shape index (κ3) is 2.05. The van der Waals surface area contributed by atoms with Gasteiger partial charge in [0.2, 0.25) is 0 Å². The Bertz CT molecular complexity index is 1250. The predicted octanol–water partition coefficient (Wildman–Crippen LogP) is 5.05. The molecule has 2 atom stereocenters. The lowest BCUT2D eigenvalue weighted by atomic mass is 9.97. The van der Waals surface area contributed by atoms with E-state index in [1.165, 1.54) is 0 Å². The first-order valence-corrected chi connectivity index (χ1v) is 9.28. The predicted molar refractivity (Wildman–Crippen MR) is 99.9 cm³/mol. The average molecular weight is 399 g/mol. The minimum Gasteiger partial charge on any atom is -0.434 e. The summed E-state index contributed by atoms with van der Waals surface area (Å²) in [6, 6.07) is 10.5. The van der Waals surface area contributed by atoms with Crippen LogP contribution in [0, 0.1) is 0 Å². The quantitative estimate of drug-likeness (QED) is 0.474. The molecule has 2 bridgehead atoms. The summed E-state index contributed by atoms with van der Waals surface area (Å²) in [7, 11) is 0. The second-order valence-electron chi connectivity index (χ2n) is 6.99. The van der Waals surface area contributed by atoms with Crippen molar-refractivity contribution in [2.45, 2.75) is 25.1 Å². The van der Waals surface area contributed by atoms with E-state index >= 15 is 0 Å². The zero-order valence-electron chi connectivity index (χ0n) is 14.4. The molecule has 2 aliphatic heterocycles. The molecule has 0 amide bonds. The van der Waals surface area contributed by atoms with Gasteiger partial charge in [0.15, 0.2) is 0 Å². The minimum atomic E-state index is -2.90. The van der Waals surface area contributed by atoms with Crippen LogP contribution in [-0.4, -0.2) is 25.7 Å². The van der Waals surface area contributed by atoms with Crippen molar-refractivity contribution in [1.82, 2.24) is 19.1 Å². The van der Waals surface area contributed by atoms with Crippen LogP contribution in [0.1, 0.15) is 29.9 Å². The maximum Gasteiger partial charge on any atom is 0.387 e. The summed E-state index contributed by atoms with van der Waals surface area (Å²) in [5.74, 6) is 1.78. The van der Waals surface area contributed by atoms with E-state index in [1.807, 2.05) is 24.4 Å². The summed E-state index contributed by atoms with van der Waals surface area (Å²) < 4.78 is 35.3. The molecular weight excluding hydrogens is 386 g/mol. The molecule has 6 rings (SSSR count). The molecule has 8 heteroatoms. The summed E-state index contributed by atoms with van der Waals surface area (Å²) >= 11 is 6.24. The highest BCUT2D eigenvalue weighted by atomic mass is 35.5. The van der Waals surface area contributed by atoms with Gasteiger partial charge in [0.1, 0.15) is 17.4 Å². The second kappa shape index (κ2) is 5.54. The fraction of sp³-hybridized carbons (Fsp3) is 0.200. The van der Waals surface area contributed by atoms with E-state index < -0.39 is 6.61 Å². The van der Waals surface area contributed by atoms with Gasteiger partial charge in [0.25, 0.3) is 0 Å². The van der Waals surface area contributed by atoms with E-state index in [2.05, 4.69) is 14.1 Å². The van der Waals surface area contributed by atoms with E-state index in [1.54, 1.807) is 24.4 Å². The first-order valence-electron chi connectivity index (χ1n) is 8.90. The van der Waals surface area contributed by atoms with Gasteiger partial charge in [-0.25, -0.2) is 9.97 Å². The molecule has 0 saturated carbocycles. The largest absolute Gasteiger partial charge is 0.434 e.